The highest BCUT2D eigenvalue weighted by atomic mass is 32.2. The van der Waals surface area contributed by atoms with Crippen LogP contribution < -0.4 is 14.8 Å². The number of rotatable bonds is 8. The zero-order chi connectivity index (χ0) is 25.0. The molecule has 1 aromatic heterocycles. The summed E-state index contributed by atoms with van der Waals surface area (Å²) in [5, 5.41) is 2.84. The third kappa shape index (κ3) is 5.49. The molecule has 0 radical (unpaired) electrons. The number of carbonyl (C=O) groups is 1. The number of hydrogen-bond donors (Lipinski definition) is 2. The van der Waals surface area contributed by atoms with Gasteiger partial charge in [-0.1, -0.05) is 18.2 Å². The van der Waals surface area contributed by atoms with Gasteiger partial charge in [0.25, 0.3) is 15.9 Å². The van der Waals surface area contributed by atoms with Crippen LogP contribution in [0.2, 0.25) is 0 Å². The second kappa shape index (κ2) is 9.98. The van der Waals surface area contributed by atoms with Crippen molar-refractivity contribution in [1.29, 1.82) is 0 Å². The Kier molecular flexibility index (Phi) is 6.83. The van der Waals surface area contributed by atoms with E-state index < -0.39 is 27.8 Å². The zero-order valence-corrected chi connectivity index (χ0v) is 19.8. The number of aromatic nitrogens is 2. The monoisotopic (exact) mass is 494 g/mol. The molecule has 180 valence electrons. The number of aryl methyl sites for hydroxylation is 1. The minimum absolute atomic E-state index is 0.0831. The molecule has 8 nitrogen and oxygen atoms in total. The molecule has 3 aromatic carbocycles. The molecule has 1 amide bonds. The first-order valence-electron chi connectivity index (χ1n) is 10.6. The summed E-state index contributed by atoms with van der Waals surface area (Å²) in [5.41, 5.74) is 0.970. The average Bonchev–Trinajstić information content (AvgIpc) is 3.28. The van der Waals surface area contributed by atoms with Crippen molar-refractivity contribution in [2.75, 3.05) is 11.8 Å². The van der Waals surface area contributed by atoms with E-state index in [9.17, 15) is 17.6 Å². The van der Waals surface area contributed by atoms with Crippen LogP contribution in [0, 0.1) is 5.82 Å². The number of amides is 1. The highest BCUT2D eigenvalue weighted by Gasteiger charge is 2.23. The topological polar surface area (TPSA) is 102 Å². The Labute approximate surface area is 202 Å². The van der Waals surface area contributed by atoms with E-state index in [0.717, 1.165) is 0 Å². The number of hydrogen-bond acceptors (Lipinski definition) is 5. The van der Waals surface area contributed by atoms with Gasteiger partial charge in [-0.3, -0.25) is 9.52 Å². The van der Waals surface area contributed by atoms with Crippen LogP contribution in [-0.4, -0.2) is 31.0 Å². The van der Waals surface area contributed by atoms with Crippen molar-refractivity contribution in [1.82, 2.24) is 14.9 Å². The van der Waals surface area contributed by atoms with Gasteiger partial charge >= 0.3 is 0 Å². The molecule has 2 N–H and O–H groups in total. The molecule has 4 rings (SSSR count). The molecule has 1 unspecified atom stereocenters. The maximum absolute atomic E-state index is 13.9. The number of imidazole rings is 1. The van der Waals surface area contributed by atoms with E-state index in [-0.39, 0.29) is 10.5 Å². The largest absolute Gasteiger partial charge is 0.497 e. The number of halogens is 1. The Morgan fingerprint density at radius 2 is 1.80 bits per heavy atom. The van der Waals surface area contributed by atoms with Crippen molar-refractivity contribution in [2.24, 2.45) is 7.05 Å². The van der Waals surface area contributed by atoms with Gasteiger partial charge in [0.15, 0.2) is 0 Å². The Hall–Kier alpha value is -4.18. The van der Waals surface area contributed by atoms with E-state index in [1.807, 2.05) is 0 Å². The lowest BCUT2D eigenvalue weighted by Crippen LogP contribution is -2.31. The molecule has 0 aliphatic heterocycles. The summed E-state index contributed by atoms with van der Waals surface area (Å²) >= 11 is 0. The van der Waals surface area contributed by atoms with Crippen LogP contribution in [0.3, 0.4) is 0 Å². The maximum Gasteiger partial charge on any atom is 0.261 e. The van der Waals surface area contributed by atoms with Crippen molar-refractivity contribution < 1.29 is 22.3 Å². The minimum Gasteiger partial charge on any atom is -0.497 e. The van der Waals surface area contributed by atoms with E-state index in [1.54, 1.807) is 60.4 Å². The Bertz CT molecular complexity index is 1450. The number of sulfonamides is 1. The summed E-state index contributed by atoms with van der Waals surface area (Å²) in [7, 11) is -0.683. The van der Waals surface area contributed by atoms with Crippen molar-refractivity contribution in [3.8, 4) is 5.75 Å². The molecule has 4 aromatic rings. The predicted octanol–water partition coefficient (Wildman–Crippen LogP) is 3.89. The second-order valence-electron chi connectivity index (χ2n) is 7.72. The zero-order valence-electron chi connectivity index (χ0n) is 19.0. The number of benzene rings is 3. The highest BCUT2D eigenvalue weighted by molar-refractivity contribution is 7.92. The molecule has 10 heteroatoms. The van der Waals surface area contributed by atoms with Gasteiger partial charge < -0.3 is 14.6 Å². The standard InChI is InChI=1S/C25H23FN4O4S/c1-30-14-13-27-24(30)23(17-5-3-7-19(26)15-17)28-25(31)18-6-4-8-22(16-18)35(32,33)29-20-9-11-21(34-2)12-10-20/h3-16,23,29H,1-2H3,(H,28,31). The molecule has 0 bridgehead atoms. The van der Waals surface area contributed by atoms with Crippen LogP contribution in [-0.2, 0) is 17.1 Å². The number of anilines is 1. The SMILES string of the molecule is COc1ccc(NS(=O)(=O)c2cccc(C(=O)NC(c3cccc(F)c3)c3nccn3C)c2)cc1. The van der Waals surface area contributed by atoms with Crippen LogP contribution in [0.1, 0.15) is 27.8 Å². The lowest BCUT2D eigenvalue weighted by Gasteiger charge is -2.19. The smallest absolute Gasteiger partial charge is 0.261 e. The quantitative estimate of drug-likeness (QED) is 0.387. The summed E-state index contributed by atoms with van der Waals surface area (Å²) in [6, 6.07) is 17.2. The molecule has 0 saturated heterocycles. The molecule has 0 spiro atoms. The number of nitrogens with one attached hydrogen (secondary N) is 2. The number of ether oxygens (including phenoxy) is 1. The van der Waals surface area contributed by atoms with E-state index in [1.165, 1.54) is 43.5 Å². The van der Waals surface area contributed by atoms with Crippen molar-refractivity contribution in [3.63, 3.8) is 0 Å². The van der Waals surface area contributed by atoms with Gasteiger partial charge in [0.2, 0.25) is 0 Å². The van der Waals surface area contributed by atoms with Crippen LogP contribution in [0.5, 0.6) is 5.75 Å². The molecule has 0 fully saturated rings. The summed E-state index contributed by atoms with van der Waals surface area (Å²) in [6.07, 6.45) is 3.29. The molecule has 0 aliphatic carbocycles. The first-order chi connectivity index (χ1) is 16.8. The van der Waals surface area contributed by atoms with Gasteiger partial charge in [0, 0.05) is 30.7 Å². The third-order valence-corrected chi connectivity index (χ3v) is 6.70. The maximum atomic E-state index is 13.9. The third-order valence-electron chi connectivity index (χ3n) is 5.32. The molecule has 0 saturated carbocycles. The van der Waals surface area contributed by atoms with Gasteiger partial charge in [-0.05, 0) is 60.2 Å². The first kappa shape index (κ1) is 24.0. The Balaban J connectivity index is 1.60. The Morgan fingerprint density at radius 3 is 2.46 bits per heavy atom. The summed E-state index contributed by atoms with van der Waals surface area (Å²) in [6.45, 7) is 0. The second-order valence-corrected chi connectivity index (χ2v) is 9.40. The van der Waals surface area contributed by atoms with Crippen LogP contribution in [0.4, 0.5) is 10.1 Å². The number of carbonyl (C=O) groups excluding carboxylic acids is 1. The average molecular weight is 495 g/mol. The van der Waals surface area contributed by atoms with Gasteiger partial charge in [-0.15, -0.1) is 0 Å². The highest BCUT2D eigenvalue weighted by Crippen LogP contribution is 2.23. The normalized spacial score (nSPS) is 12.1. The predicted molar refractivity (Wildman–Crippen MR) is 129 cm³/mol. The van der Waals surface area contributed by atoms with Gasteiger partial charge in [-0.2, -0.15) is 0 Å². The van der Waals surface area contributed by atoms with Gasteiger partial charge in [-0.25, -0.2) is 17.8 Å². The van der Waals surface area contributed by atoms with Gasteiger partial charge in [0.05, 0.1) is 12.0 Å². The molecule has 1 heterocycles. The van der Waals surface area contributed by atoms with Crippen LogP contribution in [0.25, 0.3) is 0 Å². The van der Waals surface area contributed by atoms with E-state index in [2.05, 4.69) is 15.0 Å². The van der Waals surface area contributed by atoms with Gasteiger partial charge in [0.1, 0.15) is 23.4 Å². The van der Waals surface area contributed by atoms with Crippen LogP contribution >= 0.6 is 0 Å². The van der Waals surface area contributed by atoms with Crippen molar-refractivity contribution in [2.45, 2.75) is 10.9 Å². The first-order valence-corrected chi connectivity index (χ1v) is 12.1. The fourth-order valence-corrected chi connectivity index (χ4v) is 4.63. The Morgan fingerprint density at radius 1 is 1.06 bits per heavy atom. The summed E-state index contributed by atoms with van der Waals surface area (Å²) in [4.78, 5) is 17.4. The van der Waals surface area contributed by atoms with E-state index in [4.69, 9.17) is 4.74 Å². The molecule has 1 atom stereocenters. The van der Waals surface area contributed by atoms with Crippen LogP contribution in [0.15, 0.2) is 90.1 Å². The summed E-state index contributed by atoms with van der Waals surface area (Å²) in [5.74, 6) is 0.0958. The van der Waals surface area contributed by atoms with Crippen molar-refractivity contribution >= 4 is 21.6 Å². The molecule has 35 heavy (non-hydrogen) atoms. The fraction of sp³-hybridized carbons (Fsp3) is 0.120. The van der Waals surface area contributed by atoms with Crippen molar-refractivity contribution in [3.05, 3.63) is 108 Å². The lowest BCUT2D eigenvalue weighted by molar-refractivity contribution is 0.0941. The van der Waals surface area contributed by atoms with E-state index in [0.29, 0.717) is 22.8 Å². The summed E-state index contributed by atoms with van der Waals surface area (Å²) < 4.78 is 49.0. The number of nitrogens with zero attached hydrogens (tertiary/aromatic N) is 2. The lowest BCUT2D eigenvalue weighted by atomic mass is 10.0. The fourth-order valence-electron chi connectivity index (χ4n) is 3.53. The van der Waals surface area contributed by atoms with E-state index >= 15 is 0 Å². The molecule has 0 aliphatic rings. The molecular formula is C25H23FN4O4S. The number of methoxy groups -OCH3 is 1. The minimum atomic E-state index is -3.96. The molecular weight excluding hydrogens is 471 g/mol.